The maximum atomic E-state index is 14.0. The molecule has 0 radical (unpaired) electrons. The number of hydrogen-bond donors (Lipinski definition) is 3. The number of alkyl halides is 5. The van der Waals surface area contributed by atoms with Crippen LogP contribution in [0.15, 0.2) is 48.5 Å². The number of ether oxygens (including phenoxy) is 1. The molecule has 2 aliphatic carbocycles. The van der Waals surface area contributed by atoms with Crippen molar-refractivity contribution >= 4 is 18.0 Å². The molecule has 7 nitrogen and oxygen atoms in total. The number of halogens is 5. The van der Waals surface area contributed by atoms with Gasteiger partial charge in [-0.2, -0.15) is 13.2 Å². The quantitative estimate of drug-likeness (QED) is 0.507. The second-order valence-electron chi connectivity index (χ2n) is 8.29. The number of alkyl carbamates (subject to hydrolysis) is 1. The van der Waals surface area contributed by atoms with E-state index in [0.29, 0.717) is 0 Å². The van der Waals surface area contributed by atoms with Crippen LogP contribution in [0.4, 0.5) is 26.7 Å². The lowest BCUT2D eigenvalue weighted by Gasteiger charge is -2.17. The van der Waals surface area contributed by atoms with Gasteiger partial charge in [-0.15, -0.1) is 0 Å². The van der Waals surface area contributed by atoms with Crippen molar-refractivity contribution in [2.24, 2.45) is 11.8 Å². The van der Waals surface area contributed by atoms with Gasteiger partial charge in [-0.05, 0) is 22.3 Å². The largest absolute Gasteiger partial charge is 0.479 e. The number of benzene rings is 2. The van der Waals surface area contributed by atoms with Gasteiger partial charge in [0.05, 0.1) is 5.92 Å². The molecule has 3 N–H and O–H groups in total. The summed E-state index contributed by atoms with van der Waals surface area (Å²) in [6.07, 6.45) is -6.40. The van der Waals surface area contributed by atoms with E-state index >= 15 is 0 Å². The van der Waals surface area contributed by atoms with E-state index in [1.165, 1.54) is 0 Å². The molecule has 0 saturated heterocycles. The predicted octanol–water partition coefficient (Wildman–Crippen LogP) is 3.54. The predicted molar refractivity (Wildman–Crippen MR) is 111 cm³/mol. The second kappa shape index (κ2) is 8.82. The molecule has 1 unspecified atom stereocenters. The van der Waals surface area contributed by atoms with Crippen molar-refractivity contribution in [1.29, 1.82) is 0 Å². The molecule has 0 heterocycles. The summed E-state index contributed by atoms with van der Waals surface area (Å²) >= 11 is 0. The summed E-state index contributed by atoms with van der Waals surface area (Å²) < 4.78 is 71.3. The molecule has 0 aliphatic heterocycles. The van der Waals surface area contributed by atoms with Crippen molar-refractivity contribution in [2.75, 3.05) is 13.2 Å². The summed E-state index contributed by atoms with van der Waals surface area (Å²) in [6.45, 7) is -0.831. The van der Waals surface area contributed by atoms with Crippen molar-refractivity contribution in [3.05, 3.63) is 59.7 Å². The van der Waals surface area contributed by atoms with Crippen LogP contribution in [0.1, 0.15) is 17.0 Å². The van der Waals surface area contributed by atoms with Crippen LogP contribution >= 0.6 is 0 Å². The Bertz CT molecular complexity index is 1120. The molecule has 186 valence electrons. The van der Waals surface area contributed by atoms with Gasteiger partial charge in [-0.3, -0.25) is 4.79 Å². The molecule has 0 spiro atoms. The Kier molecular flexibility index (Phi) is 6.16. The van der Waals surface area contributed by atoms with E-state index < -0.39 is 54.5 Å². The molecular weight excluding hydrogens is 479 g/mol. The molecule has 35 heavy (non-hydrogen) atoms. The Balaban J connectivity index is 1.32. The lowest BCUT2D eigenvalue weighted by atomic mass is 9.98. The minimum absolute atomic E-state index is 0.0866. The molecule has 2 aromatic carbocycles. The van der Waals surface area contributed by atoms with Gasteiger partial charge in [0, 0.05) is 12.5 Å². The van der Waals surface area contributed by atoms with Gasteiger partial charge in [0.1, 0.15) is 12.5 Å². The maximum Gasteiger partial charge on any atom is 0.419 e. The zero-order valence-electron chi connectivity index (χ0n) is 17.8. The number of rotatable bonds is 7. The molecule has 0 aromatic heterocycles. The van der Waals surface area contributed by atoms with E-state index in [2.05, 4.69) is 5.32 Å². The molecule has 1 fully saturated rings. The first-order valence-corrected chi connectivity index (χ1v) is 10.5. The Labute approximate surface area is 195 Å². The van der Waals surface area contributed by atoms with Gasteiger partial charge >= 0.3 is 18.2 Å². The van der Waals surface area contributed by atoms with Crippen LogP contribution in [0.3, 0.4) is 0 Å². The maximum absolute atomic E-state index is 14.0. The minimum atomic E-state index is -5.36. The Morgan fingerprint density at radius 3 is 2.06 bits per heavy atom. The summed E-state index contributed by atoms with van der Waals surface area (Å²) in [4.78, 5) is 34.7. The fraction of sp³-hybridized carbons (Fsp3) is 0.348. The number of carbonyl (C=O) groups is 3. The lowest BCUT2D eigenvalue weighted by molar-refractivity contribution is -0.182. The molecule has 12 heteroatoms. The van der Waals surface area contributed by atoms with Gasteiger partial charge in [-0.1, -0.05) is 48.5 Å². The highest BCUT2D eigenvalue weighted by Crippen LogP contribution is 2.55. The number of carboxylic acids is 1. The van der Waals surface area contributed by atoms with Gasteiger partial charge < -0.3 is 20.5 Å². The number of amides is 2. The van der Waals surface area contributed by atoms with Crippen LogP contribution < -0.4 is 10.6 Å². The minimum Gasteiger partial charge on any atom is -0.479 e. The summed E-state index contributed by atoms with van der Waals surface area (Å²) in [5, 5.41) is 11.8. The van der Waals surface area contributed by atoms with E-state index in [9.17, 15) is 36.3 Å². The van der Waals surface area contributed by atoms with Crippen LogP contribution in [-0.4, -0.2) is 54.4 Å². The van der Waals surface area contributed by atoms with E-state index in [0.717, 1.165) is 27.6 Å². The van der Waals surface area contributed by atoms with Crippen molar-refractivity contribution in [1.82, 2.24) is 10.6 Å². The zero-order chi connectivity index (χ0) is 25.5. The van der Waals surface area contributed by atoms with Crippen LogP contribution in [0.25, 0.3) is 11.1 Å². The highest BCUT2D eigenvalue weighted by Gasteiger charge is 2.72. The Morgan fingerprint density at radius 2 is 1.54 bits per heavy atom. The first-order chi connectivity index (χ1) is 16.4. The second-order valence-corrected chi connectivity index (χ2v) is 8.29. The number of nitrogens with one attached hydrogen (secondary N) is 2. The van der Waals surface area contributed by atoms with Gasteiger partial charge in [0.2, 0.25) is 11.9 Å². The number of carboxylic acid groups (broad SMARTS) is 1. The third kappa shape index (κ3) is 4.64. The molecule has 1 saturated carbocycles. The van der Waals surface area contributed by atoms with E-state index in [4.69, 9.17) is 9.84 Å². The third-order valence-electron chi connectivity index (χ3n) is 6.16. The van der Waals surface area contributed by atoms with Crippen molar-refractivity contribution in [3.63, 3.8) is 0 Å². The number of carbonyl (C=O) groups excluding carboxylic acids is 2. The van der Waals surface area contributed by atoms with Crippen LogP contribution in [0.2, 0.25) is 0 Å². The lowest BCUT2D eigenvalue weighted by Crippen LogP contribution is -2.51. The Hall–Kier alpha value is -3.70. The summed E-state index contributed by atoms with van der Waals surface area (Å²) in [7, 11) is 0. The van der Waals surface area contributed by atoms with E-state index in [1.54, 1.807) is 0 Å². The van der Waals surface area contributed by atoms with Crippen molar-refractivity contribution in [2.45, 2.75) is 24.1 Å². The molecule has 4 rings (SSSR count). The first-order valence-electron chi connectivity index (χ1n) is 10.5. The van der Waals surface area contributed by atoms with Crippen LogP contribution in [-0.2, 0) is 14.3 Å². The average Bonchev–Trinajstić information content (AvgIpc) is 3.20. The normalized spacial score (nSPS) is 20.8. The van der Waals surface area contributed by atoms with Crippen molar-refractivity contribution in [3.8, 4) is 11.1 Å². The van der Waals surface area contributed by atoms with E-state index in [1.807, 2.05) is 48.5 Å². The number of fused-ring (bicyclic) bond motifs is 3. The molecule has 2 amide bonds. The molecule has 2 aromatic rings. The highest BCUT2D eigenvalue weighted by molar-refractivity contribution is 5.88. The van der Waals surface area contributed by atoms with Gasteiger partial charge in [0.25, 0.3) is 5.92 Å². The Morgan fingerprint density at radius 1 is 1.00 bits per heavy atom. The highest BCUT2D eigenvalue weighted by atomic mass is 19.4. The SMILES string of the molecule is O=C(NC[C@H]1[C@@H](C(=O)NC(C(=O)O)C(F)(F)F)C1(F)F)OCC1c2ccccc2-c2ccccc21. The first kappa shape index (κ1) is 24.4. The third-order valence-corrected chi connectivity index (χ3v) is 6.16. The monoisotopic (exact) mass is 498 g/mol. The molecule has 2 aliphatic rings. The van der Waals surface area contributed by atoms with Crippen LogP contribution in [0.5, 0.6) is 0 Å². The van der Waals surface area contributed by atoms with Gasteiger partial charge in [-0.25, -0.2) is 18.4 Å². The van der Waals surface area contributed by atoms with Gasteiger partial charge in [0.15, 0.2) is 0 Å². The molecular formula is C23H19F5N2O5. The fourth-order valence-electron chi connectivity index (χ4n) is 4.36. The molecule has 0 bridgehead atoms. The smallest absolute Gasteiger partial charge is 0.419 e. The average molecular weight is 498 g/mol. The number of hydrogen-bond acceptors (Lipinski definition) is 4. The van der Waals surface area contributed by atoms with Crippen LogP contribution in [0, 0.1) is 11.8 Å². The number of aliphatic carboxylic acids is 1. The fourth-order valence-corrected chi connectivity index (χ4v) is 4.36. The summed E-state index contributed by atoms with van der Waals surface area (Å²) in [5.41, 5.74) is 3.85. The van der Waals surface area contributed by atoms with Crippen molar-refractivity contribution < 1.29 is 46.2 Å². The molecule has 3 atom stereocenters. The van der Waals surface area contributed by atoms with E-state index in [-0.39, 0.29) is 12.5 Å². The summed E-state index contributed by atoms with van der Waals surface area (Å²) in [6, 6.07) is 11.8. The zero-order valence-corrected chi connectivity index (χ0v) is 17.8. The standard InChI is InChI=1S/C23H19F5N2O5/c24-22(25)16(17(22)19(31)30-18(20(32)33)23(26,27)28)9-29-21(34)35-10-15-13-7-3-1-5-11(13)12-6-2-4-8-14(12)15/h1-8,15-18H,9-10H2,(H,29,34)(H,30,31)(H,32,33)/t16-,17-,18?/m0/s1. The summed E-state index contributed by atoms with van der Waals surface area (Å²) in [5.74, 6) is -12.2. The topological polar surface area (TPSA) is 105 Å².